The molecule has 1 aliphatic carbocycles. The Bertz CT molecular complexity index is 842. The van der Waals surface area contributed by atoms with Crippen molar-refractivity contribution in [1.29, 1.82) is 0 Å². The van der Waals surface area contributed by atoms with Crippen LogP contribution in [-0.2, 0) is 9.59 Å². The second-order valence-electron chi connectivity index (χ2n) is 6.82. The molecule has 1 aromatic heterocycles. The fourth-order valence-corrected chi connectivity index (χ4v) is 4.13. The quantitative estimate of drug-likeness (QED) is 0.853. The first-order valence-corrected chi connectivity index (χ1v) is 9.86. The Morgan fingerprint density at radius 2 is 2.12 bits per heavy atom. The van der Waals surface area contributed by atoms with Gasteiger partial charge in [-0.15, -0.1) is 11.3 Å². The highest BCUT2D eigenvalue weighted by molar-refractivity contribution is 7.14. The summed E-state index contributed by atoms with van der Waals surface area (Å²) in [7, 11) is 0. The Morgan fingerprint density at radius 3 is 2.92 bits per heavy atom. The molecule has 2 heterocycles. The lowest BCUT2D eigenvalue weighted by atomic mass is 9.89. The number of ether oxygens (including phenoxy) is 1. The molecule has 6 nitrogen and oxygen atoms in total. The third kappa shape index (κ3) is 3.44. The summed E-state index contributed by atoms with van der Waals surface area (Å²) in [6, 6.07) is 5.59. The number of hydrogen-bond acceptors (Lipinski definition) is 5. The summed E-state index contributed by atoms with van der Waals surface area (Å²) in [4.78, 5) is 28.7. The van der Waals surface area contributed by atoms with Crippen molar-refractivity contribution in [3.05, 3.63) is 23.6 Å². The zero-order valence-corrected chi connectivity index (χ0v) is 15.4. The highest BCUT2D eigenvalue weighted by Gasteiger charge is 2.24. The van der Waals surface area contributed by atoms with Crippen LogP contribution in [0.3, 0.4) is 0 Å². The molecule has 0 saturated heterocycles. The molecule has 26 heavy (non-hydrogen) atoms. The number of fused-ring (bicyclic) bond motifs is 1. The van der Waals surface area contributed by atoms with Gasteiger partial charge in [0.2, 0.25) is 5.91 Å². The van der Waals surface area contributed by atoms with Crippen LogP contribution in [0.2, 0.25) is 0 Å². The molecule has 1 saturated carbocycles. The highest BCUT2D eigenvalue weighted by atomic mass is 32.1. The van der Waals surface area contributed by atoms with Crippen molar-refractivity contribution in [3.8, 4) is 17.0 Å². The zero-order chi connectivity index (χ0) is 18.1. The summed E-state index contributed by atoms with van der Waals surface area (Å²) >= 11 is 1.41. The van der Waals surface area contributed by atoms with E-state index in [0.717, 1.165) is 36.9 Å². The Kier molecular flexibility index (Phi) is 4.63. The Balaban J connectivity index is 1.48. The molecule has 2 aromatic rings. The molecular weight excluding hydrogens is 350 g/mol. The van der Waals surface area contributed by atoms with Gasteiger partial charge in [-0.05, 0) is 38.0 Å². The van der Waals surface area contributed by atoms with Crippen LogP contribution >= 0.6 is 11.3 Å². The summed E-state index contributed by atoms with van der Waals surface area (Å²) < 4.78 is 5.57. The van der Waals surface area contributed by atoms with E-state index < -0.39 is 6.10 Å². The van der Waals surface area contributed by atoms with E-state index in [2.05, 4.69) is 15.6 Å². The number of rotatable bonds is 3. The van der Waals surface area contributed by atoms with Crippen molar-refractivity contribution in [1.82, 2.24) is 4.98 Å². The predicted molar refractivity (Wildman–Crippen MR) is 101 cm³/mol. The van der Waals surface area contributed by atoms with Gasteiger partial charge in [-0.25, -0.2) is 4.98 Å². The molecule has 1 fully saturated rings. The highest BCUT2D eigenvalue weighted by Crippen LogP contribution is 2.35. The van der Waals surface area contributed by atoms with E-state index in [1.54, 1.807) is 6.92 Å². The van der Waals surface area contributed by atoms with Gasteiger partial charge in [-0.1, -0.05) is 19.3 Å². The third-order valence-corrected chi connectivity index (χ3v) is 5.67. The van der Waals surface area contributed by atoms with Gasteiger partial charge in [0.05, 0.1) is 11.4 Å². The number of carbonyl (C=O) groups is 2. The first kappa shape index (κ1) is 17.0. The van der Waals surface area contributed by atoms with Gasteiger partial charge in [-0.3, -0.25) is 9.59 Å². The van der Waals surface area contributed by atoms with E-state index in [1.165, 1.54) is 17.8 Å². The zero-order valence-electron chi connectivity index (χ0n) is 14.6. The maximum atomic E-state index is 12.4. The number of carbonyl (C=O) groups excluding carboxylic acids is 2. The van der Waals surface area contributed by atoms with E-state index in [-0.39, 0.29) is 17.7 Å². The fraction of sp³-hybridized carbons (Fsp3) is 0.421. The molecule has 2 N–H and O–H groups in total. The van der Waals surface area contributed by atoms with Crippen molar-refractivity contribution in [3.63, 3.8) is 0 Å². The van der Waals surface area contributed by atoms with Gasteiger partial charge in [0.15, 0.2) is 11.2 Å². The van der Waals surface area contributed by atoms with Crippen molar-refractivity contribution < 1.29 is 14.3 Å². The number of hydrogen-bond donors (Lipinski definition) is 2. The number of aromatic nitrogens is 1. The van der Waals surface area contributed by atoms with Crippen LogP contribution in [0.25, 0.3) is 11.3 Å². The van der Waals surface area contributed by atoms with Crippen molar-refractivity contribution in [2.75, 3.05) is 10.6 Å². The Morgan fingerprint density at radius 1 is 1.31 bits per heavy atom. The summed E-state index contributed by atoms with van der Waals surface area (Å²) in [6.07, 6.45) is 4.92. The normalized spacial score (nSPS) is 20.0. The van der Waals surface area contributed by atoms with Gasteiger partial charge in [0.1, 0.15) is 5.75 Å². The van der Waals surface area contributed by atoms with Crippen molar-refractivity contribution >= 4 is 34.0 Å². The number of anilines is 2. The van der Waals surface area contributed by atoms with E-state index in [1.807, 2.05) is 23.6 Å². The van der Waals surface area contributed by atoms with Crippen molar-refractivity contribution in [2.45, 2.75) is 45.1 Å². The molecule has 0 radical (unpaired) electrons. The van der Waals surface area contributed by atoms with Gasteiger partial charge in [0.25, 0.3) is 5.91 Å². The largest absolute Gasteiger partial charge is 0.479 e. The minimum Gasteiger partial charge on any atom is -0.479 e. The molecule has 4 rings (SSSR count). The molecule has 0 unspecified atom stereocenters. The minimum absolute atomic E-state index is 0.0747. The summed E-state index contributed by atoms with van der Waals surface area (Å²) in [5.74, 6) is 0.676. The summed E-state index contributed by atoms with van der Waals surface area (Å²) in [5.41, 5.74) is 2.28. The SMILES string of the molecule is C[C@H]1Oc2ccc(-c3csc(NC(=O)C4CCCCC4)n3)cc2NC1=O. The molecule has 136 valence electrons. The molecule has 2 aliphatic rings. The lowest BCUT2D eigenvalue weighted by Gasteiger charge is -2.23. The first-order valence-electron chi connectivity index (χ1n) is 8.98. The smallest absolute Gasteiger partial charge is 0.265 e. The van der Waals surface area contributed by atoms with Gasteiger partial charge in [0, 0.05) is 16.9 Å². The van der Waals surface area contributed by atoms with Gasteiger partial charge in [-0.2, -0.15) is 0 Å². The summed E-state index contributed by atoms with van der Waals surface area (Å²) in [6.45, 7) is 1.72. The van der Waals surface area contributed by atoms with Gasteiger partial charge >= 0.3 is 0 Å². The van der Waals surface area contributed by atoms with Crippen LogP contribution in [0, 0.1) is 5.92 Å². The Hall–Kier alpha value is -2.41. The number of benzene rings is 1. The van der Waals surface area contributed by atoms with E-state index >= 15 is 0 Å². The van der Waals surface area contributed by atoms with Crippen LogP contribution in [0.1, 0.15) is 39.0 Å². The predicted octanol–water partition coefficient (Wildman–Crippen LogP) is 4.05. The molecule has 1 aromatic carbocycles. The summed E-state index contributed by atoms with van der Waals surface area (Å²) in [5, 5.41) is 8.32. The average Bonchev–Trinajstić information content (AvgIpc) is 3.11. The Labute approximate surface area is 156 Å². The number of thiazole rings is 1. The standard InChI is InChI=1S/C19H21N3O3S/c1-11-17(23)20-14-9-13(7-8-16(14)25-11)15-10-26-19(21-15)22-18(24)12-5-3-2-4-6-12/h7-12H,2-6H2,1H3,(H,20,23)(H,21,22,24)/t11-/m1/s1. The topological polar surface area (TPSA) is 80.3 Å². The van der Waals surface area contributed by atoms with Crippen LogP contribution in [-0.4, -0.2) is 22.9 Å². The minimum atomic E-state index is -0.491. The van der Waals surface area contributed by atoms with E-state index in [0.29, 0.717) is 16.6 Å². The van der Waals surface area contributed by atoms with Crippen LogP contribution in [0.15, 0.2) is 23.6 Å². The molecule has 7 heteroatoms. The molecular formula is C19H21N3O3S. The molecule has 2 amide bonds. The van der Waals surface area contributed by atoms with Crippen LogP contribution in [0.5, 0.6) is 5.75 Å². The number of nitrogens with one attached hydrogen (secondary N) is 2. The maximum absolute atomic E-state index is 12.4. The van der Waals surface area contributed by atoms with Crippen LogP contribution in [0.4, 0.5) is 10.8 Å². The molecule has 0 spiro atoms. The second-order valence-corrected chi connectivity index (χ2v) is 7.68. The number of nitrogens with zero attached hydrogens (tertiary/aromatic N) is 1. The third-order valence-electron chi connectivity index (χ3n) is 4.92. The fourth-order valence-electron chi connectivity index (χ4n) is 3.40. The molecule has 1 aliphatic heterocycles. The lowest BCUT2D eigenvalue weighted by Crippen LogP contribution is -2.34. The lowest BCUT2D eigenvalue weighted by molar-refractivity contribution is -0.123. The molecule has 1 atom stereocenters. The monoisotopic (exact) mass is 371 g/mol. The van der Waals surface area contributed by atoms with Crippen molar-refractivity contribution in [2.24, 2.45) is 5.92 Å². The molecule has 0 bridgehead atoms. The average molecular weight is 371 g/mol. The maximum Gasteiger partial charge on any atom is 0.265 e. The first-order chi connectivity index (χ1) is 12.6. The number of amides is 2. The second kappa shape index (κ2) is 7.07. The van der Waals surface area contributed by atoms with E-state index in [4.69, 9.17) is 4.74 Å². The van der Waals surface area contributed by atoms with Gasteiger partial charge < -0.3 is 15.4 Å². The van der Waals surface area contributed by atoms with Crippen LogP contribution < -0.4 is 15.4 Å². The van der Waals surface area contributed by atoms with E-state index in [9.17, 15) is 9.59 Å².